The van der Waals surface area contributed by atoms with Gasteiger partial charge in [0.15, 0.2) is 0 Å². The Morgan fingerprint density at radius 1 is 1.03 bits per heavy atom. The van der Waals surface area contributed by atoms with Crippen LogP contribution in [-0.2, 0) is 14.8 Å². The van der Waals surface area contributed by atoms with E-state index in [1.165, 1.54) is 6.07 Å². The van der Waals surface area contributed by atoms with Crippen LogP contribution >= 0.6 is 0 Å². The highest BCUT2D eigenvalue weighted by molar-refractivity contribution is 7.89. The monoisotopic (exact) mass is 443 g/mol. The normalized spacial score (nSPS) is 11.6. The Hall–Kier alpha value is -3.84. The molecule has 0 bridgehead atoms. The van der Waals surface area contributed by atoms with E-state index < -0.39 is 22.0 Å². The van der Waals surface area contributed by atoms with Gasteiger partial charge >= 0.3 is 5.97 Å². The average molecular weight is 444 g/mol. The molecule has 0 amide bonds. The Balaban J connectivity index is 1.85. The van der Waals surface area contributed by atoms with E-state index in [1.54, 1.807) is 24.3 Å². The van der Waals surface area contributed by atoms with Crippen LogP contribution in [0, 0.1) is 31.1 Å². The molecule has 1 unspecified atom stereocenters. The summed E-state index contributed by atoms with van der Waals surface area (Å²) < 4.78 is 28.1. The predicted octanol–water partition coefficient (Wildman–Crippen LogP) is 3.82. The van der Waals surface area contributed by atoms with Crippen LogP contribution in [-0.4, -0.2) is 25.5 Å². The molecule has 0 heterocycles. The van der Waals surface area contributed by atoms with Crippen molar-refractivity contribution in [2.75, 3.05) is 0 Å². The molecule has 32 heavy (non-hydrogen) atoms. The molecule has 0 aromatic heterocycles. The number of nitrogens with one attached hydrogen (secondary N) is 1. The van der Waals surface area contributed by atoms with Crippen molar-refractivity contribution in [2.24, 2.45) is 0 Å². The Kier molecular flexibility index (Phi) is 7.12. The minimum atomic E-state index is -4.19. The van der Waals surface area contributed by atoms with Crippen molar-refractivity contribution in [2.45, 2.75) is 24.3 Å². The van der Waals surface area contributed by atoms with E-state index >= 15 is 0 Å². The van der Waals surface area contributed by atoms with Crippen LogP contribution in [0.1, 0.15) is 23.1 Å². The van der Waals surface area contributed by atoms with Gasteiger partial charge in [0.2, 0.25) is 10.0 Å². The van der Waals surface area contributed by atoms with Crippen molar-refractivity contribution in [3.63, 3.8) is 0 Å². The number of benzene rings is 3. The lowest BCUT2D eigenvalue weighted by atomic mass is 10.0. The summed E-state index contributed by atoms with van der Waals surface area (Å²) in [6, 6.07) is 20.0. The summed E-state index contributed by atoms with van der Waals surface area (Å²) in [6.45, 7) is 1.97. The summed E-state index contributed by atoms with van der Waals surface area (Å²) in [7, 11) is -4.19. The highest BCUT2D eigenvalue weighted by atomic mass is 32.2. The van der Waals surface area contributed by atoms with Crippen molar-refractivity contribution in [1.82, 2.24) is 4.72 Å². The molecule has 0 aliphatic heterocycles. The van der Waals surface area contributed by atoms with Crippen LogP contribution in [0.3, 0.4) is 0 Å². The third kappa shape index (κ3) is 5.65. The van der Waals surface area contributed by atoms with Crippen molar-refractivity contribution in [3.8, 4) is 35.3 Å². The number of aryl methyl sites for hydroxylation is 1. The molecule has 3 aromatic carbocycles. The molecule has 0 aliphatic rings. The highest BCUT2D eigenvalue weighted by Gasteiger charge is 2.26. The number of rotatable bonds is 6. The zero-order valence-corrected chi connectivity index (χ0v) is 18.2. The standard InChI is InChI=1S/C26H21NO4S/c1-3-21-18-23(22-14-12-19(2)13-15-22)16-17-25(21)32(30,31)27-24(26(28)29)11-7-10-20-8-5-4-6-9-20/h1,4-6,8-9,12-18,24,27H,11H2,2H3,(H,28,29). The topological polar surface area (TPSA) is 83.5 Å². The van der Waals surface area contributed by atoms with Gasteiger partial charge in [-0.25, -0.2) is 8.42 Å². The van der Waals surface area contributed by atoms with Gasteiger partial charge in [-0.05, 0) is 42.3 Å². The highest BCUT2D eigenvalue weighted by Crippen LogP contribution is 2.25. The molecule has 0 saturated heterocycles. The van der Waals surface area contributed by atoms with E-state index in [-0.39, 0.29) is 16.9 Å². The van der Waals surface area contributed by atoms with Gasteiger partial charge in [-0.1, -0.05) is 71.9 Å². The minimum absolute atomic E-state index is 0.148. The third-order valence-corrected chi connectivity index (χ3v) is 6.25. The largest absolute Gasteiger partial charge is 0.480 e. The van der Waals surface area contributed by atoms with E-state index in [9.17, 15) is 18.3 Å². The summed E-state index contributed by atoms with van der Waals surface area (Å²) in [4.78, 5) is 11.5. The molecule has 0 radical (unpaired) electrons. The third-order valence-electron chi connectivity index (χ3n) is 4.72. The van der Waals surface area contributed by atoms with Gasteiger partial charge in [0.05, 0.1) is 4.90 Å². The fourth-order valence-corrected chi connectivity index (χ4v) is 4.35. The van der Waals surface area contributed by atoms with Gasteiger partial charge in [-0.3, -0.25) is 4.79 Å². The summed E-state index contributed by atoms with van der Waals surface area (Å²) in [5.41, 5.74) is 3.62. The number of hydrogen-bond donors (Lipinski definition) is 2. The first kappa shape index (κ1) is 22.8. The van der Waals surface area contributed by atoms with Crippen LogP contribution in [0.5, 0.6) is 0 Å². The summed E-state index contributed by atoms with van der Waals surface area (Å²) in [6.07, 6.45) is 5.37. The molecule has 0 fully saturated rings. The van der Waals surface area contributed by atoms with Crippen LogP contribution in [0.4, 0.5) is 0 Å². The molecular formula is C26H21NO4S. The lowest BCUT2D eigenvalue weighted by Crippen LogP contribution is -2.40. The van der Waals surface area contributed by atoms with Crippen molar-refractivity contribution >= 4 is 16.0 Å². The molecule has 160 valence electrons. The molecular weight excluding hydrogens is 422 g/mol. The molecule has 6 heteroatoms. The maximum absolute atomic E-state index is 12.9. The Labute approximate surface area is 188 Å². The van der Waals surface area contributed by atoms with Crippen LogP contribution in [0.15, 0.2) is 77.7 Å². The zero-order valence-electron chi connectivity index (χ0n) is 17.4. The molecule has 3 aromatic rings. The van der Waals surface area contributed by atoms with Crippen molar-refractivity contribution < 1.29 is 18.3 Å². The van der Waals surface area contributed by atoms with Gasteiger partial charge in [0.25, 0.3) is 0 Å². The first-order chi connectivity index (χ1) is 15.3. The Morgan fingerprint density at radius 3 is 2.31 bits per heavy atom. The SMILES string of the molecule is C#Cc1cc(-c2ccc(C)cc2)ccc1S(=O)(=O)NC(CC#Cc1ccccc1)C(=O)O. The van der Waals surface area contributed by atoms with Crippen LogP contribution in [0.2, 0.25) is 0 Å². The van der Waals surface area contributed by atoms with Gasteiger partial charge < -0.3 is 5.11 Å². The molecule has 3 rings (SSSR count). The van der Waals surface area contributed by atoms with E-state index in [2.05, 4.69) is 22.5 Å². The fraction of sp³-hybridized carbons (Fsp3) is 0.115. The first-order valence-corrected chi connectivity index (χ1v) is 11.3. The zero-order chi connectivity index (χ0) is 23.1. The molecule has 0 saturated carbocycles. The smallest absolute Gasteiger partial charge is 0.322 e. The second-order valence-corrected chi connectivity index (χ2v) is 8.79. The van der Waals surface area contributed by atoms with Crippen LogP contribution in [0.25, 0.3) is 11.1 Å². The summed E-state index contributed by atoms with van der Waals surface area (Å²) in [5, 5.41) is 9.49. The van der Waals surface area contributed by atoms with Gasteiger partial charge in [0, 0.05) is 17.5 Å². The Morgan fingerprint density at radius 2 is 1.69 bits per heavy atom. The molecule has 0 aliphatic carbocycles. The van der Waals surface area contributed by atoms with Crippen molar-refractivity contribution in [3.05, 3.63) is 89.5 Å². The molecule has 2 N–H and O–H groups in total. The van der Waals surface area contributed by atoms with Crippen molar-refractivity contribution in [1.29, 1.82) is 0 Å². The second-order valence-electron chi connectivity index (χ2n) is 7.11. The maximum Gasteiger partial charge on any atom is 0.322 e. The number of terminal acetylenes is 1. The average Bonchev–Trinajstić information content (AvgIpc) is 2.79. The molecule has 5 nitrogen and oxygen atoms in total. The lowest BCUT2D eigenvalue weighted by molar-refractivity contribution is -0.138. The summed E-state index contributed by atoms with van der Waals surface area (Å²) >= 11 is 0. The van der Waals surface area contributed by atoms with E-state index in [0.717, 1.165) is 16.7 Å². The number of sulfonamides is 1. The number of hydrogen-bond acceptors (Lipinski definition) is 3. The number of aliphatic carboxylic acids is 1. The van der Waals surface area contributed by atoms with Gasteiger partial charge in [-0.2, -0.15) is 4.72 Å². The Bertz CT molecular complexity index is 1330. The number of carbonyl (C=O) groups is 1. The first-order valence-electron chi connectivity index (χ1n) is 9.77. The second kappa shape index (κ2) is 9.98. The fourth-order valence-electron chi connectivity index (χ4n) is 3.01. The van der Waals surface area contributed by atoms with Gasteiger partial charge in [0.1, 0.15) is 6.04 Å². The maximum atomic E-state index is 12.9. The summed E-state index contributed by atoms with van der Waals surface area (Å²) in [5.74, 6) is 6.62. The lowest BCUT2D eigenvalue weighted by Gasteiger charge is -2.14. The van der Waals surface area contributed by atoms with E-state index in [1.807, 2.05) is 49.4 Å². The molecule has 0 spiro atoms. The minimum Gasteiger partial charge on any atom is -0.480 e. The van der Waals surface area contributed by atoms with E-state index in [0.29, 0.717) is 5.56 Å². The predicted molar refractivity (Wildman–Crippen MR) is 124 cm³/mol. The number of carboxylic acid groups (broad SMARTS) is 1. The van der Waals surface area contributed by atoms with E-state index in [4.69, 9.17) is 6.42 Å². The quantitative estimate of drug-likeness (QED) is 0.568. The van der Waals surface area contributed by atoms with Crippen LogP contribution < -0.4 is 4.72 Å². The van der Waals surface area contributed by atoms with Gasteiger partial charge in [-0.15, -0.1) is 6.42 Å². The number of carboxylic acids is 1. The molecule has 1 atom stereocenters.